The van der Waals surface area contributed by atoms with Crippen molar-refractivity contribution in [2.75, 3.05) is 45.6 Å². The molecule has 5 rings (SSSR count). The molecular weight excluding hydrogens is 495 g/mol. The van der Waals surface area contributed by atoms with Crippen LogP contribution in [-0.2, 0) is 11.2 Å². The number of methoxy groups -OCH3 is 1. The number of thioether (sulfide) groups is 1. The lowest BCUT2D eigenvalue weighted by Crippen LogP contribution is -2.51. The summed E-state index contributed by atoms with van der Waals surface area (Å²) in [5.41, 5.74) is 2.18. The second-order valence-corrected chi connectivity index (χ2v) is 12.0. The van der Waals surface area contributed by atoms with Crippen molar-refractivity contribution in [2.45, 2.75) is 37.5 Å². The molecule has 3 aliphatic heterocycles. The molecule has 0 spiro atoms. The molecule has 0 aliphatic carbocycles. The highest BCUT2D eigenvalue weighted by Gasteiger charge is 2.42. The number of amides is 1. The van der Waals surface area contributed by atoms with Gasteiger partial charge >= 0.3 is 0 Å². The van der Waals surface area contributed by atoms with E-state index in [0.717, 1.165) is 18.0 Å². The van der Waals surface area contributed by atoms with Gasteiger partial charge in [0.2, 0.25) is 11.8 Å². The number of allylic oxidation sites excluding steroid dienone is 1. The molecule has 2 aromatic heterocycles. The maximum atomic E-state index is 14.7. The second-order valence-electron chi connectivity index (χ2n) is 10.5. The number of aliphatic imine (C=N–C) groups is 1. The standard InChI is InChI=1S/C26H33FN6O3S/c1-25(14-28-10-16-6-8-26(2)24(30-16)31-21(35)13-37-26)15-33(12-20(25)34)9-7-17-18(27)11-29-19-4-5-22(36-3)32-23(17)19/h4-6,11,20,28,34H,7-10,12-15H2,1-3H3,(H,30,31,35). The Hall–Kier alpha value is -2.60. The summed E-state index contributed by atoms with van der Waals surface area (Å²) in [7, 11) is 1.53. The summed E-state index contributed by atoms with van der Waals surface area (Å²) in [5, 5.41) is 17.3. The number of fused-ring (bicyclic) bond motifs is 2. The first kappa shape index (κ1) is 26.0. The Morgan fingerprint density at radius 3 is 3.03 bits per heavy atom. The molecule has 2 saturated heterocycles. The smallest absolute Gasteiger partial charge is 0.235 e. The van der Waals surface area contributed by atoms with Gasteiger partial charge in [-0.3, -0.25) is 14.7 Å². The number of carbonyl (C=O) groups is 1. The maximum Gasteiger partial charge on any atom is 0.235 e. The second kappa shape index (κ2) is 10.3. The molecule has 3 atom stereocenters. The number of aliphatic hydroxyl groups is 1. The van der Waals surface area contributed by atoms with E-state index >= 15 is 0 Å². The molecule has 3 aliphatic rings. The monoisotopic (exact) mass is 528 g/mol. The fourth-order valence-corrected chi connectivity index (χ4v) is 6.13. The van der Waals surface area contributed by atoms with E-state index in [1.54, 1.807) is 23.9 Å². The van der Waals surface area contributed by atoms with Crippen LogP contribution >= 0.6 is 11.8 Å². The predicted octanol–water partition coefficient (Wildman–Crippen LogP) is 1.90. The van der Waals surface area contributed by atoms with E-state index in [2.05, 4.69) is 50.4 Å². The van der Waals surface area contributed by atoms with Gasteiger partial charge in [-0.05, 0) is 25.8 Å². The van der Waals surface area contributed by atoms with Crippen LogP contribution in [0, 0.1) is 11.2 Å². The van der Waals surface area contributed by atoms with Crippen molar-refractivity contribution < 1.29 is 19.0 Å². The normalized spacial score (nSPS) is 28.0. The van der Waals surface area contributed by atoms with Gasteiger partial charge in [0.25, 0.3) is 0 Å². The number of hydrogen-bond donors (Lipinski definition) is 3. The van der Waals surface area contributed by atoms with Crippen molar-refractivity contribution in [3.05, 3.63) is 41.5 Å². The lowest BCUT2D eigenvalue weighted by Gasteiger charge is -2.36. The zero-order chi connectivity index (χ0) is 26.2. The van der Waals surface area contributed by atoms with Crippen molar-refractivity contribution >= 4 is 34.5 Å². The third kappa shape index (κ3) is 5.36. The Morgan fingerprint density at radius 1 is 1.38 bits per heavy atom. The van der Waals surface area contributed by atoms with Crippen molar-refractivity contribution in [2.24, 2.45) is 10.4 Å². The van der Waals surface area contributed by atoms with Crippen LogP contribution < -0.4 is 15.4 Å². The fraction of sp³-hybridized carbons (Fsp3) is 0.538. The summed E-state index contributed by atoms with van der Waals surface area (Å²) >= 11 is 1.63. The Bertz CT molecular complexity index is 1270. The van der Waals surface area contributed by atoms with E-state index in [1.165, 1.54) is 13.3 Å². The summed E-state index contributed by atoms with van der Waals surface area (Å²) < 4.78 is 19.7. The summed E-state index contributed by atoms with van der Waals surface area (Å²) in [5.74, 6) is 1.21. The number of rotatable bonds is 8. The Morgan fingerprint density at radius 2 is 2.22 bits per heavy atom. The molecule has 0 saturated carbocycles. The van der Waals surface area contributed by atoms with Gasteiger partial charge in [-0.15, -0.1) is 11.8 Å². The molecule has 2 fully saturated rings. The SMILES string of the molecule is COc1ccc2ncc(F)c(CCN3CC(O)C(C)(CNCC4=CCC5(C)SCC(=O)NC5=N4)C3)c2n1. The van der Waals surface area contributed by atoms with E-state index in [-0.39, 0.29) is 21.9 Å². The predicted molar refractivity (Wildman–Crippen MR) is 142 cm³/mol. The van der Waals surface area contributed by atoms with E-state index in [1.807, 2.05) is 0 Å². The van der Waals surface area contributed by atoms with Crippen LogP contribution in [0.5, 0.6) is 5.88 Å². The molecule has 9 nitrogen and oxygen atoms in total. The Kier molecular flexibility index (Phi) is 7.23. The average Bonchev–Trinajstić information content (AvgIpc) is 3.16. The quantitative estimate of drug-likeness (QED) is 0.477. The summed E-state index contributed by atoms with van der Waals surface area (Å²) in [6.45, 7) is 7.13. The molecule has 0 aromatic carbocycles. The minimum atomic E-state index is -0.513. The van der Waals surface area contributed by atoms with Gasteiger partial charge < -0.3 is 20.5 Å². The maximum absolute atomic E-state index is 14.7. The van der Waals surface area contributed by atoms with Crippen LogP contribution in [0.1, 0.15) is 25.8 Å². The average molecular weight is 529 g/mol. The zero-order valence-electron chi connectivity index (χ0n) is 21.4. The number of halogens is 1. The summed E-state index contributed by atoms with van der Waals surface area (Å²) in [6, 6.07) is 3.49. The molecule has 11 heteroatoms. The molecule has 1 amide bonds. The molecular formula is C26H33FN6O3S. The number of aromatic nitrogens is 2. The third-order valence-corrected chi connectivity index (χ3v) is 8.95. The van der Waals surface area contributed by atoms with Gasteiger partial charge in [0.05, 0.1) is 46.6 Å². The molecule has 0 bridgehead atoms. The van der Waals surface area contributed by atoms with Gasteiger partial charge in [0, 0.05) is 49.8 Å². The first-order valence-electron chi connectivity index (χ1n) is 12.5. The van der Waals surface area contributed by atoms with Crippen LogP contribution in [0.3, 0.4) is 0 Å². The molecule has 5 heterocycles. The van der Waals surface area contributed by atoms with Crippen LogP contribution in [0.15, 0.2) is 35.1 Å². The van der Waals surface area contributed by atoms with E-state index < -0.39 is 6.10 Å². The first-order valence-corrected chi connectivity index (χ1v) is 13.5. The van der Waals surface area contributed by atoms with E-state index in [4.69, 9.17) is 4.74 Å². The van der Waals surface area contributed by atoms with Gasteiger partial charge in [0.1, 0.15) is 11.7 Å². The van der Waals surface area contributed by atoms with Crippen LogP contribution in [0.2, 0.25) is 0 Å². The van der Waals surface area contributed by atoms with Gasteiger partial charge in [-0.1, -0.05) is 13.0 Å². The van der Waals surface area contributed by atoms with Crippen LogP contribution in [-0.4, -0.2) is 88.2 Å². The number of likely N-dealkylation sites (tertiary alicyclic amines) is 1. The summed E-state index contributed by atoms with van der Waals surface area (Å²) in [6.07, 6.45) is 4.12. The summed E-state index contributed by atoms with van der Waals surface area (Å²) in [4.78, 5) is 27.2. The Labute approximate surface area is 220 Å². The molecule has 37 heavy (non-hydrogen) atoms. The van der Waals surface area contributed by atoms with Gasteiger partial charge in [-0.25, -0.2) is 14.4 Å². The zero-order valence-corrected chi connectivity index (χ0v) is 22.2. The van der Waals surface area contributed by atoms with Gasteiger partial charge in [-0.2, -0.15) is 0 Å². The first-order chi connectivity index (χ1) is 17.7. The number of β-amino-alcohol motifs (C(OH)–C–C–N with tert-alkyl or cyclic N) is 1. The number of aliphatic hydroxyl groups excluding tert-OH is 1. The number of ether oxygens (including phenoxy) is 1. The number of hydrogen-bond acceptors (Lipinski definition) is 9. The number of nitrogens with zero attached hydrogens (tertiary/aromatic N) is 4. The van der Waals surface area contributed by atoms with Crippen molar-refractivity contribution in [1.82, 2.24) is 25.5 Å². The molecule has 2 aromatic rings. The topological polar surface area (TPSA) is 112 Å². The molecule has 198 valence electrons. The number of amidine groups is 1. The lowest BCUT2D eigenvalue weighted by molar-refractivity contribution is -0.117. The number of pyridine rings is 2. The van der Waals surface area contributed by atoms with Gasteiger partial charge in [0.15, 0.2) is 0 Å². The largest absolute Gasteiger partial charge is 0.481 e. The van der Waals surface area contributed by atoms with Crippen molar-refractivity contribution in [1.29, 1.82) is 0 Å². The van der Waals surface area contributed by atoms with Crippen molar-refractivity contribution in [3.63, 3.8) is 0 Å². The van der Waals surface area contributed by atoms with Crippen molar-refractivity contribution in [3.8, 4) is 5.88 Å². The van der Waals surface area contributed by atoms with Crippen LogP contribution in [0.4, 0.5) is 4.39 Å². The highest BCUT2D eigenvalue weighted by Crippen LogP contribution is 2.36. The molecule has 0 radical (unpaired) electrons. The van der Waals surface area contributed by atoms with E-state index in [0.29, 0.717) is 67.4 Å². The minimum Gasteiger partial charge on any atom is -0.481 e. The van der Waals surface area contributed by atoms with E-state index in [9.17, 15) is 14.3 Å². The number of nitrogens with one attached hydrogen (secondary N) is 2. The third-order valence-electron chi connectivity index (χ3n) is 7.55. The lowest BCUT2D eigenvalue weighted by atomic mass is 9.87. The highest BCUT2D eigenvalue weighted by atomic mass is 32.2. The minimum absolute atomic E-state index is 0.00771. The molecule has 3 N–H and O–H groups in total. The fourth-order valence-electron chi connectivity index (χ4n) is 5.17. The number of carbonyl (C=O) groups excluding carboxylic acids is 1. The Balaban J connectivity index is 1.18. The highest BCUT2D eigenvalue weighted by molar-refractivity contribution is 8.02. The van der Waals surface area contributed by atoms with Crippen LogP contribution in [0.25, 0.3) is 11.0 Å². The molecule has 3 unspecified atom stereocenters.